The zero-order valence-corrected chi connectivity index (χ0v) is 12.8. The molecule has 0 spiro atoms. The highest BCUT2D eigenvalue weighted by Crippen LogP contribution is 2.27. The Morgan fingerprint density at radius 3 is 2.77 bits per heavy atom. The van der Waals surface area contributed by atoms with Gasteiger partial charge in [-0.3, -0.25) is 4.79 Å². The van der Waals surface area contributed by atoms with Crippen molar-refractivity contribution in [1.29, 1.82) is 0 Å². The molecule has 1 aliphatic rings. The minimum Gasteiger partial charge on any atom is -0.497 e. The number of sulfonamides is 1. The Bertz CT molecular complexity index is 714. The summed E-state index contributed by atoms with van der Waals surface area (Å²) in [6, 6.07) is 4.11. The van der Waals surface area contributed by atoms with Gasteiger partial charge < -0.3 is 9.84 Å². The minimum absolute atomic E-state index is 0.113. The SMILES string of the molecule is COc1ccc(S(=O)(=O)N2CCC=C(F)C2)c(CC(=O)O)c1. The molecule has 1 N–H and O–H groups in total. The Labute approximate surface area is 127 Å². The molecule has 0 atom stereocenters. The van der Waals surface area contributed by atoms with Gasteiger partial charge in [0.15, 0.2) is 0 Å². The van der Waals surface area contributed by atoms with Gasteiger partial charge in [0.2, 0.25) is 10.0 Å². The van der Waals surface area contributed by atoms with Gasteiger partial charge in [0.1, 0.15) is 11.6 Å². The lowest BCUT2D eigenvalue weighted by molar-refractivity contribution is -0.136. The number of hydrogen-bond acceptors (Lipinski definition) is 4. The molecular formula is C14H16FNO5S. The van der Waals surface area contributed by atoms with Crippen LogP contribution in [0.25, 0.3) is 0 Å². The van der Waals surface area contributed by atoms with Crippen molar-refractivity contribution >= 4 is 16.0 Å². The third kappa shape index (κ3) is 3.45. The van der Waals surface area contributed by atoms with E-state index in [1.54, 1.807) is 0 Å². The molecule has 0 aliphatic carbocycles. The predicted octanol–water partition coefficient (Wildman–Crippen LogP) is 1.57. The average molecular weight is 329 g/mol. The standard InChI is InChI=1S/C14H16FNO5S/c1-21-12-4-5-13(10(7-12)8-14(17)18)22(19,20)16-6-2-3-11(15)9-16/h3-5,7H,2,6,8-9H2,1H3,(H,17,18). The molecule has 2 rings (SSSR count). The van der Waals surface area contributed by atoms with Crippen molar-refractivity contribution in [2.45, 2.75) is 17.7 Å². The predicted molar refractivity (Wildman–Crippen MR) is 76.9 cm³/mol. The first kappa shape index (κ1) is 16.4. The Morgan fingerprint density at radius 2 is 2.18 bits per heavy atom. The van der Waals surface area contributed by atoms with Gasteiger partial charge in [-0.2, -0.15) is 4.31 Å². The van der Waals surface area contributed by atoms with E-state index in [-0.39, 0.29) is 30.0 Å². The van der Waals surface area contributed by atoms with Crippen molar-refractivity contribution in [3.8, 4) is 5.75 Å². The third-order valence-electron chi connectivity index (χ3n) is 3.30. The Balaban J connectivity index is 2.45. The van der Waals surface area contributed by atoms with Crippen molar-refractivity contribution in [3.05, 3.63) is 35.7 Å². The summed E-state index contributed by atoms with van der Waals surface area (Å²) in [6.45, 7) is -0.171. The summed E-state index contributed by atoms with van der Waals surface area (Å²) < 4.78 is 44.6. The van der Waals surface area contributed by atoms with Crippen LogP contribution >= 0.6 is 0 Å². The lowest BCUT2D eigenvalue weighted by atomic mass is 10.1. The molecule has 8 heteroatoms. The van der Waals surface area contributed by atoms with Gasteiger partial charge in [-0.15, -0.1) is 0 Å². The highest BCUT2D eigenvalue weighted by molar-refractivity contribution is 7.89. The summed E-state index contributed by atoms with van der Waals surface area (Å²) in [5.74, 6) is -1.31. The number of halogens is 1. The van der Waals surface area contributed by atoms with E-state index in [2.05, 4.69) is 0 Å². The van der Waals surface area contributed by atoms with Crippen LogP contribution in [-0.4, -0.2) is 44.0 Å². The molecule has 22 heavy (non-hydrogen) atoms. The molecule has 1 aromatic rings. The zero-order valence-electron chi connectivity index (χ0n) is 12.0. The summed E-state index contributed by atoms with van der Waals surface area (Å²) in [6.07, 6.45) is 1.17. The van der Waals surface area contributed by atoms with Crippen LogP contribution in [0.5, 0.6) is 5.75 Å². The maximum Gasteiger partial charge on any atom is 0.307 e. The summed E-state index contributed by atoms with van der Waals surface area (Å²) >= 11 is 0. The lowest BCUT2D eigenvalue weighted by Gasteiger charge is -2.25. The topological polar surface area (TPSA) is 83.9 Å². The quantitative estimate of drug-likeness (QED) is 0.886. The minimum atomic E-state index is -3.96. The molecule has 0 radical (unpaired) electrons. The van der Waals surface area contributed by atoms with Gasteiger partial charge in [-0.1, -0.05) is 6.08 Å². The Kier molecular flexibility index (Phi) is 4.82. The fourth-order valence-corrected chi connectivity index (χ4v) is 3.88. The number of hydrogen-bond donors (Lipinski definition) is 1. The van der Waals surface area contributed by atoms with Crippen LogP contribution in [0.1, 0.15) is 12.0 Å². The van der Waals surface area contributed by atoms with Crippen molar-refractivity contribution in [2.24, 2.45) is 0 Å². The summed E-state index contributed by atoms with van der Waals surface area (Å²) in [7, 11) is -2.56. The number of carboxylic acids is 1. The van der Waals surface area contributed by atoms with Crippen molar-refractivity contribution in [1.82, 2.24) is 4.31 Å². The zero-order chi connectivity index (χ0) is 16.3. The fourth-order valence-electron chi connectivity index (χ4n) is 2.26. The number of carbonyl (C=O) groups is 1. The van der Waals surface area contributed by atoms with Crippen LogP contribution < -0.4 is 4.74 Å². The molecule has 1 aromatic carbocycles. The number of ether oxygens (including phenoxy) is 1. The maximum absolute atomic E-state index is 13.4. The number of aliphatic carboxylic acids is 1. The molecule has 0 saturated carbocycles. The van der Waals surface area contributed by atoms with E-state index in [9.17, 15) is 17.6 Å². The van der Waals surface area contributed by atoms with Crippen molar-refractivity contribution in [2.75, 3.05) is 20.2 Å². The van der Waals surface area contributed by atoms with Gasteiger partial charge in [0.25, 0.3) is 0 Å². The third-order valence-corrected chi connectivity index (χ3v) is 5.24. The van der Waals surface area contributed by atoms with Crippen LogP contribution in [-0.2, 0) is 21.2 Å². The van der Waals surface area contributed by atoms with E-state index >= 15 is 0 Å². The molecule has 0 unspecified atom stereocenters. The van der Waals surface area contributed by atoms with Gasteiger partial charge in [-0.25, -0.2) is 12.8 Å². The number of methoxy groups -OCH3 is 1. The van der Waals surface area contributed by atoms with Crippen molar-refractivity contribution in [3.63, 3.8) is 0 Å². The van der Waals surface area contributed by atoms with E-state index in [1.807, 2.05) is 0 Å². The molecule has 120 valence electrons. The van der Waals surface area contributed by atoms with Gasteiger partial charge in [-0.05, 0) is 30.2 Å². The van der Waals surface area contributed by atoms with Crippen LogP contribution in [0.15, 0.2) is 35.0 Å². The fraction of sp³-hybridized carbons (Fsp3) is 0.357. The normalized spacial score (nSPS) is 16.2. The second-order valence-electron chi connectivity index (χ2n) is 4.82. The first-order valence-corrected chi connectivity index (χ1v) is 8.02. The second kappa shape index (κ2) is 6.45. The number of rotatable bonds is 5. The largest absolute Gasteiger partial charge is 0.497 e. The monoisotopic (exact) mass is 329 g/mol. The van der Waals surface area contributed by atoms with Crippen LogP contribution in [0.2, 0.25) is 0 Å². The summed E-state index contributed by atoms with van der Waals surface area (Å²) in [5.41, 5.74) is 0.113. The molecule has 6 nitrogen and oxygen atoms in total. The average Bonchev–Trinajstić information content (AvgIpc) is 2.46. The Hall–Kier alpha value is -1.93. The van der Waals surface area contributed by atoms with Gasteiger partial charge >= 0.3 is 5.97 Å². The van der Waals surface area contributed by atoms with Crippen LogP contribution in [0.3, 0.4) is 0 Å². The molecule has 1 aliphatic heterocycles. The van der Waals surface area contributed by atoms with E-state index in [0.29, 0.717) is 5.75 Å². The number of benzene rings is 1. The van der Waals surface area contributed by atoms with E-state index in [4.69, 9.17) is 9.84 Å². The summed E-state index contributed by atoms with van der Waals surface area (Å²) in [5, 5.41) is 8.95. The first-order chi connectivity index (χ1) is 10.3. The van der Waals surface area contributed by atoms with E-state index in [0.717, 1.165) is 4.31 Å². The number of nitrogens with zero attached hydrogens (tertiary/aromatic N) is 1. The second-order valence-corrected chi connectivity index (χ2v) is 6.73. The highest BCUT2D eigenvalue weighted by Gasteiger charge is 2.29. The molecule has 0 fully saturated rings. The Morgan fingerprint density at radius 1 is 1.45 bits per heavy atom. The van der Waals surface area contributed by atoms with E-state index in [1.165, 1.54) is 31.4 Å². The molecule has 1 heterocycles. The number of carboxylic acid groups (broad SMARTS) is 1. The first-order valence-electron chi connectivity index (χ1n) is 6.58. The smallest absolute Gasteiger partial charge is 0.307 e. The lowest BCUT2D eigenvalue weighted by Crippen LogP contribution is -2.35. The van der Waals surface area contributed by atoms with E-state index < -0.39 is 28.2 Å². The van der Waals surface area contributed by atoms with Gasteiger partial charge in [0.05, 0.1) is 25.0 Å². The molecule has 0 aromatic heterocycles. The molecule has 0 bridgehead atoms. The van der Waals surface area contributed by atoms with Crippen LogP contribution in [0, 0.1) is 0 Å². The molecule has 0 amide bonds. The molecule has 0 saturated heterocycles. The summed E-state index contributed by atoms with van der Waals surface area (Å²) in [4.78, 5) is 10.8. The molecular weight excluding hydrogens is 313 g/mol. The highest BCUT2D eigenvalue weighted by atomic mass is 32.2. The van der Waals surface area contributed by atoms with Crippen molar-refractivity contribution < 1.29 is 27.4 Å². The maximum atomic E-state index is 13.4. The van der Waals surface area contributed by atoms with Crippen LogP contribution in [0.4, 0.5) is 4.39 Å². The van der Waals surface area contributed by atoms with Gasteiger partial charge in [0, 0.05) is 6.54 Å².